The van der Waals surface area contributed by atoms with Crippen LogP contribution in [0.25, 0.3) is 10.1 Å². The van der Waals surface area contributed by atoms with Gasteiger partial charge in [0.1, 0.15) is 10.7 Å². The van der Waals surface area contributed by atoms with E-state index < -0.39 is 35.9 Å². The van der Waals surface area contributed by atoms with E-state index in [0.29, 0.717) is 5.39 Å². The molecule has 128 valence electrons. The number of benzene rings is 1. The summed E-state index contributed by atoms with van der Waals surface area (Å²) in [5, 5.41) is 5.20. The Morgan fingerprint density at radius 3 is 2.58 bits per heavy atom. The third-order valence-electron chi connectivity index (χ3n) is 2.76. The maximum absolute atomic E-state index is 13.1. The molecule has 2 aromatic rings. The Morgan fingerprint density at radius 1 is 1.21 bits per heavy atom. The number of ether oxygens (including phenoxy) is 1. The van der Waals surface area contributed by atoms with E-state index in [9.17, 15) is 18.8 Å². The van der Waals surface area contributed by atoms with E-state index >= 15 is 0 Å². The van der Waals surface area contributed by atoms with Gasteiger partial charge in [-0.25, -0.2) is 14.0 Å². The van der Waals surface area contributed by atoms with Gasteiger partial charge in [0.15, 0.2) is 6.61 Å². The molecule has 1 aromatic heterocycles. The SMILES string of the molecule is CC(C)(C)NC(=O)NC(=O)COC(=O)c1cc2cc(F)ccc2s1. The molecule has 2 rings (SSSR count). The Morgan fingerprint density at radius 2 is 1.92 bits per heavy atom. The van der Waals surface area contributed by atoms with E-state index in [0.717, 1.165) is 16.0 Å². The highest BCUT2D eigenvalue weighted by Gasteiger charge is 2.18. The van der Waals surface area contributed by atoms with Crippen molar-refractivity contribution in [1.29, 1.82) is 0 Å². The Kier molecular flexibility index (Phi) is 5.18. The Hall–Kier alpha value is -2.48. The molecule has 1 aromatic carbocycles. The van der Waals surface area contributed by atoms with Crippen molar-refractivity contribution < 1.29 is 23.5 Å². The first kappa shape index (κ1) is 17.9. The molecular weight excluding hydrogens is 335 g/mol. The van der Waals surface area contributed by atoms with Crippen LogP contribution < -0.4 is 10.6 Å². The van der Waals surface area contributed by atoms with Gasteiger partial charge in [-0.2, -0.15) is 0 Å². The van der Waals surface area contributed by atoms with Crippen molar-refractivity contribution in [2.24, 2.45) is 0 Å². The molecular formula is C16H17FN2O4S. The fourth-order valence-corrected chi connectivity index (χ4v) is 2.79. The van der Waals surface area contributed by atoms with Crippen molar-refractivity contribution in [3.63, 3.8) is 0 Å². The summed E-state index contributed by atoms with van der Waals surface area (Å²) in [6.07, 6.45) is 0. The summed E-state index contributed by atoms with van der Waals surface area (Å²) in [6.45, 7) is 4.71. The third kappa shape index (κ3) is 5.02. The molecule has 3 amide bonds. The number of urea groups is 1. The third-order valence-corrected chi connectivity index (χ3v) is 3.85. The van der Waals surface area contributed by atoms with E-state index in [1.807, 2.05) is 0 Å². The highest BCUT2D eigenvalue weighted by atomic mass is 32.1. The number of imide groups is 1. The number of hydrogen-bond acceptors (Lipinski definition) is 5. The predicted octanol–water partition coefficient (Wildman–Crippen LogP) is 2.82. The Bertz CT molecular complexity index is 795. The number of thiophene rings is 1. The lowest BCUT2D eigenvalue weighted by Gasteiger charge is -2.20. The van der Waals surface area contributed by atoms with Gasteiger partial charge >= 0.3 is 12.0 Å². The smallest absolute Gasteiger partial charge is 0.348 e. The molecule has 0 saturated heterocycles. The number of amides is 3. The maximum Gasteiger partial charge on any atom is 0.348 e. The van der Waals surface area contributed by atoms with Gasteiger partial charge in [-0.05, 0) is 50.4 Å². The van der Waals surface area contributed by atoms with Gasteiger partial charge in [-0.1, -0.05) is 0 Å². The normalized spacial score (nSPS) is 11.2. The van der Waals surface area contributed by atoms with Gasteiger partial charge in [0.25, 0.3) is 5.91 Å². The molecule has 0 fully saturated rings. The predicted molar refractivity (Wildman–Crippen MR) is 88.5 cm³/mol. The van der Waals surface area contributed by atoms with Gasteiger partial charge < -0.3 is 10.1 Å². The average Bonchev–Trinajstić information content (AvgIpc) is 2.85. The summed E-state index contributed by atoms with van der Waals surface area (Å²) in [5.74, 6) is -1.84. The zero-order valence-corrected chi connectivity index (χ0v) is 14.3. The van der Waals surface area contributed by atoms with Crippen molar-refractivity contribution in [1.82, 2.24) is 10.6 Å². The van der Waals surface area contributed by atoms with Crippen LogP contribution >= 0.6 is 11.3 Å². The molecule has 0 atom stereocenters. The quantitative estimate of drug-likeness (QED) is 0.832. The molecule has 0 aliphatic heterocycles. The summed E-state index contributed by atoms with van der Waals surface area (Å²) in [5.41, 5.74) is -0.493. The second-order valence-corrected chi connectivity index (χ2v) is 7.21. The van der Waals surface area contributed by atoms with Crippen LogP contribution in [0.5, 0.6) is 0 Å². The van der Waals surface area contributed by atoms with E-state index in [2.05, 4.69) is 10.6 Å². The van der Waals surface area contributed by atoms with Crippen LogP contribution in [-0.2, 0) is 9.53 Å². The lowest BCUT2D eigenvalue weighted by molar-refractivity contribution is -0.123. The zero-order chi connectivity index (χ0) is 17.9. The minimum Gasteiger partial charge on any atom is -0.451 e. The molecule has 24 heavy (non-hydrogen) atoms. The fourth-order valence-electron chi connectivity index (χ4n) is 1.85. The van der Waals surface area contributed by atoms with Gasteiger partial charge in [0.2, 0.25) is 0 Å². The van der Waals surface area contributed by atoms with Gasteiger partial charge in [0, 0.05) is 10.2 Å². The van der Waals surface area contributed by atoms with Gasteiger partial charge in [0.05, 0.1) is 0 Å². The van der Waals surface area contributed by atoms with E-state index in [-0.39, 0.29) is 4.88 Å². The van der Waals surface area contributed by atoms with Crippen LogP contribution in [0, 0.1) is 5.82 Å². The molecule has 1 heterocycles. The summed E-state index contributed by atoms with van der Waals surface area (Å²) in [6, 6.07) is 5.01. The number of esters is 1. The highest BCUT2D eigenvalue weighted by molar-refractivity contribution is 7.20. The maximum atomic E-state index is 13.1. The second kappa shape index (κ2) is 6.96. The van der Waals surface area contributed by atoms with Crippen molar-refractivity contribution in [2.75, 3.05) is 6.61 Å². The number of carbonyl (C=O) groups excluding carboxylic acids is 3. The lowest BCUT2D eigenvalue weighted by atomic mass is 10.1. The minimum atomic E-state index is -0.739. The van der Waals surface area contributed by atoms with E-state index in [1.54, 1.807) is 26.8 Å². The number of fused-ring (bicyclic) bond motifs is 1. The first-order valence-electron chi connectivity index (χ1n) is 7.12. The summed E-state index contributed by atoms with van der Waals surface area (Å²) < 4.78 is 18.7. The van der Waals surface area contributed by atoms with Crippen molar-refractivity contribution in [3.8, 4) is 0 Å². The Labute approximate surface area is 142 Å². The summed E-state index contributed by atoms with van der Waals surface area (Å²) in [4.78, 5) is 35.3. The van der Waals surface area contributed by atoms with Crippen LogP contribution in [0.2, 0.25) is 0 Å². The van der Waals surface area contributed by atoms with E-state index in [4.69, 9.17) is 4.74 Å². The number of nitrogens with one attached hydrogen (secondary N) is 2. The fraction of sp³-hybridized carbons (Fsp3) is 0.312. The lowest BCUT2D eigenvalue weighted by Crippen LogP contribution is -2.49. The van der Waals surface area contributed by atoms with Crippen LogP contribution in [0.3, 0.4) is 0 Å². The van der Waals surface area contributed by atoms with Crippen LogP contribution in [0.4, 0.5) is 9.18 Å². The van der Waals surface area contributed by atoms with Gasteiger partial charge in [-0.3, -0.25) is 10.1 Å². The molecule has 0 bridgehead atoms. The highest BCUT2D eigenvalue weighted by Crippen LogP contribution is 2.26. The van der Waals surface area contributed by atoms with Crippen LogP contribution in [-0.4, -0.2) is 30.1 Å². The minimum absolute atomic E-state index is 0.252. The standard InChI is InChI=1S/C16H17FN2O4S/c1-16(2,3)19-15(22)18-13(20)8-23-14(21)12-7-9-6-10(17)4-5-11(9)24-12/h4-7H,8H2,1-3H3,(H2,18,19,20,22). The average molecular weight is 352 g/mol. The molecule has 0 radical (unpaired) electrons. The van der Waals surface area contributed by atoms with Crippen LogP contribution in [0.15, 0.2) is 24.3 Å². The molecule has 6 nitrogen and oxygen atoms in total. The monoisotopic (exact) mass is 352 g/mol. The van der Waals surface area contributed by atoms with Gasteiger partial charge in [-0.15, -0.1) is 11.3 Å². The van der Waals surface area contributed by atoms with Crippen molar-refractivity contribution in [3.05, 3.63) is 35.0 Å². The topological polar surface area (TPSA) is 84.5 Å². The molecule has 0 spiro atoms. The molecule has 2 N–H and O–H groups in total. The molecule has 8 heteroatoms. The van der Waals surface area contributed by atoms with Crippen molar-refractivity contribution in [2.45, 2.75) is 26.3 Å². The van der Waals surface area contributed by atoms with Crippen LogP contribution in [0.1, 0.15) is 30.4 Å². The molecule has 0 aliphatic carbocycles. The molecule has 0 aliphatic rings. The first-order chi connectivity index (χ1) is 11.1. The molecule has 0 unspecified atom stereocenters. The van der Waals surface area contributed by atoms with E-state index in [1.165, 1.54) is 18.2 Å². The number of carbonyl (C=O) groups is 3. The number of hydrogen-bond donors (Lipinski definition) is 2. The molecule has 0 saturated carbocycles. The zero-order valence-electron chi connectivity index (χ0n) is 13.4. The Balaban J connectivity index is 1.90. The largest absolute Gasteiger partial charge is 0.451 e. The summed E-state index contributed by atoms with van der Waals surface area (Å²) in [7, 11) is 0. The summed E-state index contributed by atoms with van der Waals surface area (Å²) >= 11 is 1.14. The second-order valence-electron chi connectivity index (χ2n) is 6.12. The number of rotatable bonds is 3. The van der Waals surface area contributed by atoms with Crippen molar-refractivity contribution >= 4 is 39.3 Å². The first-order valence-corrected chi connectivity index (χ1v) is 7.94. The number of halogens is 1.